The number of fused-ring (bicyclic) bond motifs is 1. The number of hydrogen-bond acceptors (Lipinski definition) is 1. The monoisotopic (exact) mass is 195 g/mol. The van der Waals surface area contributed by atoms with Crippen LogP contribution < -0.4 is 5.32 Å². The van der Waals surface area contributed by atoms with E-state index >= 15 is 0 Å². The summed E-state index contributed by atoms with van der Waals surface area (Å²) < 4.78 is 0. The second-order valence-electron chi connectivity index (χ2n) is 3.15. The van der Waals surface area contributed by atoms with Crippen molar-refractivity contribution in [2.75, 3.05) is 5.32 Å². The van der Waals surface area contributed by atoms with E-state index in [4.69, 9.17) is 11.6 Å². The average Bonchev–Trinajstić information content (AvgIpc) is 2.42. The number of carbonyl (C=O) groups excluding carboxylic acids is 1. The third-order valence-corrected chi connectivity index (χ3v) is 2.71. The summed E-state index contributed by atoms with van der Waals surface area (Å²) in [5, 5.41) is 3.50. The Kier molecular flexibility index (Phi) is 2.00. The van der Waals surface area contributed by atoms with E-state index in [9.17, 15) is 4.79 Å². The molecule has 1 aliphatic rings. The maximum absolute atomic E-state index is 11.4. The molecule has 1 atom stereocenters. The van der Waals surface area contributed by atoms with Gasteiger partial charge in [-0.05, 0) is 18.6 Å². The molecule has 1 amide bonds. The summed E-state index contributed by atoms with van der Waals surface area (Å²) in [6.07, 6.45) is 0.794. The van der Waals surface area contributed by atoms with Gasteiger partial charge in [0, 0.05) is 16.3 Å². The largest absolute Gasteiger partial charge is 0.325 e. The van der Waals surface area contributed by atoms with Gasteiger partial charge >= 0.3 is 0 Å². The van der Waals surface area contributed by atoms with Crippen LogP contribution in [0.1, 0.15) is 24.8 Å². The zero-order valence-electron chi connectivity index (χ0n) is 7.30. The molecule has 0 bridgehead atoms. The summed E-state index contributed by atoms with van der Waals surface area (Å²) in [4.78, 5) is 11.4. The highest BCUT2D eigenvalue weighted by atomic mass is 35.5. The van der Waals surface area contributed by atoms with Gasteiger partial charge in [-0.2, -0.15) is 0 Å². The number of anilines is 1. The Balaban J connectivity index is 2.55. The molecule has 0 saturated carbocycles. The van der Waals surface area contributed by atoms with Crippen LogP contribution in [-0.4, -0.2) is 5.91 Å². The van der Waals surface area contributed by atoms with Crippen molar-refractivity contribution in [3.05, 3.63) is 28.8 Å². The molecule has 2 rings (SSSR count). The van der Waals surface area contributed by atoms with Gasteiger partial charge in [0.25, 0.3) is 0 Å². The third-order valence-electron chi connectivity index (χ3n) is 2.38. The molecule has 0 spiro atoms. The highest BCUT2D eigenvalue weighted by Crippen LogP contribution is 2.38. The van der Waals surface area contributed by atoms with Gasteiger partial charge in [-0.1, -0.05) is 24.6 Å². The van der Waals surface area contributed by atoms with E-state index in [1.165, 1.54) is 0 Å². The van der Waals surface area contributed by atoms with Crippen LogP contribution in [0.4, 0.5) is 5.69 Å². The molecule has 68 valence electrons. The second kappa shape index (κ2) is 3.04. The van der Waals surface area contributed by atoms with Crippen LogP contribution in [0.2, 0.25) is 5.02 Å². The molecule has 0 aliphatic carbocycles. The fourth-order valence-corrected chi connectivity index (χ4v) is 2.05. The summed E-state index contributed by atoms with van der Waals surface area (Å²) in [5.74, 6) is -0.00528. The molecule has 0 fully saturated rings. The Hall–Kier alpha value is -1.02. The van der Waals surface area contributed by atoms with Crippen LogP contribution >= 0.6 is 11.6 Å². The van der Waals surface area contributed by atoms with Crippen LogP contribution in [0.15, 0.2) is 18.2 Å². The van der Waals surface area contributed by atoms with Crippen molar-refractivity contribution in [1.29, 1.82) is 0 Å². The molecule has 1 N–H and O–H groups in total. The van der Waals surface area contributed by atoms with E-state index in [0.717, 1.165) is 17.7 Å². The highest BCUT2D eigenvalue weighted by molar-refractivity contribution is 6.32. The summed E-state index contributed by atoms with van der Waals surface area (Å²) in [6.45, 7) is 1.99. The van der Waals surface area contributed by atoms with Crippen molar-refractivity contribution >= 4 is 23.2 Å². The quantitative estimate of drug-likeness (QED) is 0.734. The molecule has 0 saturated heterocycles. The summed E-state index contributed by atoms with van der Waals surface area (Å²) in [6, 6.07) is 5.55. The smallest absolute Gasteiger partial charge is 0.232 e. The molecule has 1 aromatic carbocycles. The molecule has 13 heavy (non-hydrogen) atoms. The average molecular weight is 196 g/mol. The lowest BCUT2D eigenvalue weighted by atomic mass is 9.98. The van der Waals surface area contributed by atoms with Crippen LogP contribution in [0.3, 0.4) is 0 Å². The minimum absolute atomic E-state index is 0.0607. The summed E-state index contributed by atoms with van der Waals surface area (Å²) >= 11 is 6.02. The van der Waals surface area contributed by atoms with Crippen molar-refractivity contribution in [2.24, 2.45) is 0 Å². The Morgan fingerprint density at radius 2 is 2.31 bits per heavy atom. The predicted molar refractivity (Wildman–Crippen MR) is 53.1 cm³/mol. The maximum Gasteiger partial charge on any atom is 0.232 e. The molecular formula is C10H10ClNO. The molecular weight excluding hydrogens is 186 g/mol. The van der Waals surface area contributed by atoms with Crippen LogP contribution in [0.5, 0.6) is 0 Å². The number of rotatable bonds is 1. The van der Waals surface area contributed by atoms with Gasteiger partial charge in [-0.25, -0.2) is 0 Å². The number of benzene rings is 1. The van der Waals surface area contributed by atoms with Gasteiger partial charge < -0.3 is 5.32 Å². The van der Waals surface area contributed by atoms with Crippen LogP contribution in [-0.2, 0) is 4.79 Å². The van der Waals surface area contributed by atoms with Crippen molar-refractivity contribution in [3.63, 3.8) is 0 Å². The van der Waals surface area contributed by atoms with Gasteiger partial charge in [0.15, 0.2) is 0 Å². The van der Waals surface area contributed by atoms with Crippen molar-refractivity contribution in [2.45, 2.75) is 19.3 Å². The van der Waals surface area contributed by atoms with Gasteiger partial charge in [0.05, 0.1) is 5.92 Å². The van der Waals surface area contributed by atoms with Crippen molar-refractivity contribution in [1.82, 2.24) is 0 Å². The maximum atomic E-state index is 11.4. The van der Waals surface area contributed by atoms with Crippen LogP contribution in [0.25, 0.3) is 0 Å². The first-order chi connectivity index (χ1) is 6.24. The number of nitrogens with one attached hydrogen (secondary N) is 1. The van der Waals surface area contributed by atoms with E-state index in [0.29, 0.717) is 5.02 Å². The van der Waals surface area contributed by atoms with Crippen LogP contribution in [0, 0.1) is 0 Å². The fourth-order valence-electron chi connectivity index (χ4n) is 1.74. The minimum atomic E-state index is -0.0660. The first-order valence-electron chi connectivity index (χ1n) is 4.33. The van der Waals surface area contributed by atoms with Crippen molar-refractivity contribution < 1.29 is 4.79 Å². The molecule has 0 radical (unpaired) electrons. The standard InChI is InChI=1S/C10H10ClNO/c1-2-6-9-7(11)4-3-5-8(9)12-10(6)13/h3-6H,2H2,1H3,(H,12,13). The topological polar surface area (TPSA) is 29.1 Å². The first kappa shape index (κ1) is 8.57. The van der Waals surface area contributed by atoms with E-state index in [-0.39, 0.29) is 11.8 Å². The van der Waals surface area contributed by atoms with Gasteiger partial charge in [0.2, 0.25) is 5.91 Å². The highest BCUT2D eigenvalue weighted by Gasteiger charge is 2.30. The molecule has 1 aliphatic heterocycles. The van der Waals surface area contributed by atoms with Gasteiger partial charge in [-0.3, -0.25) is 4.79 Å². The van der Waals surface area contributed by atoms with Gasteiger partial charge in [0.1, 0.15) is 0 Å². The second-order valence-corrected chi connectivity index (χ2v) is 3.56. The first-order valence-corrected chi connectivity index (χ1v) is 4.71. The molecule has 0 aromatic heterocycles. The lowest BCUT2D eigenvalue weighted by Crippen LogP contribution is -2.10. The molecule has 2 nitrogen and oxygen atoms in total. The minimum Gasteiger partial charge on any atom is -0.325 e. The summed E-state index contributed by atoms with van der Waals surface area (Å²) in [7, 11) is 0. The van der Waals surface area contributed by atoms with E-state index in [2.05, 4.69) is 5.32 Å². The fraction of sp³-hybridized carbons (Fsp3) is 0.300. The number of halogens is 1. The number of amides is 1. The number of hydrogen-bond donors (Lipinski definition) is 1. The van der Waals surface area contributed by atoms with E-state index < -0.39 is 0 Å². The zero-order valence-corrected chi connectivity index (χ0v) is 8.06. The zero-order chi connectivity index (χ0) is 9.42. The molecule has 1 heterocycles. The van der Waals surface area contributed by atoms with Crippen molar-refractivity contribution in [3.8, 4) is 0 Å². The Morgan fingerprint density at radius 1 is 1.54 bits per heavy atom. The third kappa shape index (κ3) is 1.22. The SMILES string of the molecule is CCC1C(=O)Nc2cccc(Cl)c21. The Morgan fingerprint density at radius 3 is 3.00 bits per heavy atom. The predicted octanol–water partition coefficient (Wildman–Crippen LogP) is 2.79. The number of carbonyl (C=O) groups is 1. The lowest BCUT2D eigenvalue weighted by molar-refractivity contribution is -0.117. The van der Waals surface area contributed by atoms with E-state index in [1.807, 2.05) is 25.1 Å². The van der Waals surface area contributed by atoms with Gasteiger partial charge in [-0.15, -0.1) is 0 Å². The van der Waals surface area contributed by atoms with E-state index in [1.54, 1.807) is 0 Å². The molecule has 1 aromatic rings. The Bertz CT molecular complexity index is 362. The Labute approximate surface area is 81.9 Å². The normalized spacial score (nSPS) is 19.8. The molecule has 1 unspecified atom stereocenters. The lowest BCUT2D eigenvalue weighted by Gasteiger charge is -2.05. The molecule has 3 heteroatoms. The summed E-state index contributed by atoms with van der Waals surface area (Å²) in [5.41, 5.74) is 1.82.